The normalized spacial score (nSPS) is 11.1. The van der Waals surface area contributed by atoms with Gasteiger partial charge in [0, 0.05) is 17.8 Å². The van der Waals surface area contributed by atoms with Crippen molar-refractivity contribution >= 4 is 27.6 Å². The fraction of sp³-hybridized carbons (Fsp3) is 0.111. The number of nitrogens with one attached hydrogen (secondary N) is 1. The summed E-state index contributed by atoms with van der Waals surface area (Å²) in [5.74, 6) is -1.18. The molecule has 1 aromatic heterocycles. The number of aromatic carboxylic acids is 1. The molecular formula is C9H9ClN2O4S. The summed E-state index contributed by atoms with van der Waals surface area (Å²) in [5.41, 5.74) is -0.0919. The van der Waals surface area contributed by atoms with Crippen LogP contribution in [0.15, 0.2) is 35.0 Å². The molecule has 17 heavy (non-hydrogen) atoms. The third-order valence-corrected chi connectivity index (χ3v) is 3.16. The predicted octanol–water partition coefficient (Wildman–Crippen LogP) is 0.811. The number of aromatic nitrogens is 1. The maximum atomic E-state index is 11.6. The fourth-order valence-corrected chi connectivity index (χ4v) is 2.01. The molecule has 0 aliphatic heterocycles. The van der Waals surface area contributed by atoms with E-state index in [0.29, 0.717) is 0 Å². The Kier molecular flexibility index (Phi) is 4.22. The Morgan fingerprint density at radius 3 is 2.59 bits per heavy atom. The molecule has 0 saturated carbocycles. The van der Waals surface area contributed by atoms with Gasteiger partial charge in [-0.1, -0.05) is 18.2 Å². The molecule has 0 radical (unpaired) electrons. The average molecular weight is 277 g/mol. The van der Waals surface area contributed by atoms with Crippen LogP contribution in [0.2, 0.25) is 0 Å². The van der Waals surface area contributed by atoms with E-state index in [1.54, 1.807) is 0 Å². The highest BCUT2D eigenvalue weighted by atomic mass is 35.5. The van der Waals surface area contributed by atoms with E-state index >= 15 is 0 Å². The minimum Gasteiger partial charge on any atom is -0.478 e. The van der Waals surface area contributed by atoms with E-state index in [9.17, 15) is 13.2 Å². The maximum absolute atomic E-state index is 11.6. The molecule has 0 spiro atoms. The zero-order valence-corrected chi connectivity index (χ0v) is 10.1. The summed E-state index contributed by atoms with van der Waals surface area (Å²) in [6.45, 7) is 3.21. The van der Waals surface area contributed by atoms with Crippen molar-refractivity contribution in [2.45, 2.75) is 5.03 Å². The first-order valence-electron chi connectivity index (χ1n) is 4.35. The van der Waals surface area contributed by atoms with Gasteiger partial charge in [-0.15, -0.1) is 0 Å². The molecule has 0 aliphatic rings. The van der Waals surface area contributed by atoms with Gasteiger partial charge in [-0.2, -0.15) is 0 Å². The standard InChI is InChI=1S/C9H9ClN2O4S/c1-6(10)4-12-17(15,16)8-3-2-7(5-11-8)9(13)14/h2-3,5,12H,1,4H2,(H,13,14). The van der Waals surface area contributed by atoms with Gasteiger partial charge < -0.3 is 5.11 Å². The Hall–Kier alpha value is -1.44. The van der Waals surface area contributed by atoms with Crippen LogP contribution in [0.25, 0.3) is 0 Å². The molecule has 2 N–H and O–H groups in total. The van der Waals surface area contributed by atoms with Crippen LogP contribution < -0.4 is 4.72 Å². The number of pyridine rings is 1. The lowest BCUT2D eigenvalue weighted by Gasteiger charge is -2.04. The van der Waals surface area contributed by atoms with Crippen LogP contribution in [-0.2, 0) is 10.0 Å². The van der Waals surface area contributed by atoms with E-state index in [1.807, 2.05) is 0 Å². The zero-order valence-electron chi connectivity index (χ0n) is 8.55. The molecule has 0 saturated heterocycles. The van der Waals surface area contributed by atoms with Gasteiger partial charge in [0.05, 0.1) is 5.56 Å². The van der Waals surface area contributed by atoms with Gasteiger partial charge in [0.15, 0.2) is 5.03 Å². The van der Waals surface area contributed by atoms with Crippen LogP contribution >= 0.6 is 11.6 Å². The smallest absolute Gasteiger partial charge is 0.337 e. The number of hydrogen-bond donors (Lipinski definition) is 2. The number of carboxylic acids is 1. The van der Waals surface area contributed by atoms with Crippen LogP contribution in [0, 0.1) is 0 Å². The second-order valence-corrected chi connectivity index (χ2v) is 5.28. The van der Waals surface area contributed by atoms with Crippen molar-refractivity contribution in [1.29, 1.82) is 0 Å². The number of hydrogen-bond acceptors (Lipinski definition) is 4. The van der Waals surface area contributed by atoms with E-state index in [2.05, 4.69) is 16.3 Å². The Balaban J connectivity index is 2.92. The third-order valence-electron chi connectivity index (χ3n) is 1.71. The summed E-state index contributed by atoms with van der Waals surface area (Å²) in [5, 5.41) is 8.48. The summed E-state index contributed by atoms with van der Waals surface area (Å²) < 4.78 is 25.3. The van der Waals surface area contributed by atoms with Gasteiger partial charge in [0.25, 0.3) is 10.0 Å². The van der Waals surface area contributed by atoms with Crippen molar-refractivity contribution in [3.05, 3.63) is 35.5 Å². The summed E-state index contributed by atoms with van der Waals surface area (Å²) in [7, 11) is -3.80. The number of halogens is 1. The zero-order chi connectivity index (χ0) is 13.1. The molecule has 8 heteroatoms. The van der Waals surface area contributed by atoms with Gasteiger partial charge in [0.2, 0.25) is 0 Å². The van der Waals surface area contributed by atoms with Gasteiger partial charge in [0.1, 0.15) is 0 Å². The van der Waals surface area contributed by atoms with Crippen LogP contribution in [0.3, 0.4) is 0 Å². The van der Waals surface area contributed by atoms with Crippen molar-refractivity contribution in [3.8, 4) is 0 Å². The molecule has 0 amide bonds. The predicted molar refractivity (Wildman–Crippen MR) is 61.4 cm³/mol. The topological polar surface area (TPSA) is 96.4 Å². The molecular weight excluding hydrogens is 268 g/mol. The summed E-state index contributed by atoms with van der Waals surface area (Å²) in [6.07, 6.45) is 0.965. The highest BCUT2D eigenvalue weighted by molar-refractivity contribution is 7.89. The van der Waals surface area contributed by atoms with Crippen LogP contribution in [-0.4, -0.2) is 31.0 Å². The number of carboxylic acid groups (broad SMARTS) is 1. The molecule has 0 aromatic carbocycles. The average Bonchev–Trinajstić information content (AvgIpc) is 2.27. The van der Waals surface area contributed by atoms with Crippen LogP contribution in [0.1, 0.15) is 10.4 Å². The first-order valence-corrected chi connectivity index (χ1v) is 6.21. The second kappa shape index (κ2) is 5.26. The van der Waals surface area contributed by atoms with Gasteiger partial charge in [-0.25, -0.2) is 22.9 Å². The molecule has 92 valence electrons. The summed E-state index contributed by atoms with van der Waals surface area (Å²) in [6, 6.07) is 2.25. The molecule has 6 nitrogen and oxygen atoms in total. The Bertz CT molecular complexity index is 539. The minimum atomic E-state index is -3.80. The van der Waals surface area contributed by atoms with E-state index in [1.165, 1.54) is 0 Å². The second-order valence-electron chi connectivity index (χ2n) is 3.03. The van der Waals surface area contributed by atoms with Gasteiger partial charge in [-0.05, 0) is 12.1 Å². The van der Waals surface area contributed by atoms with Crippen molar-refractivity contribution in [2.24, 2.45) is 0 Å². The monoisotopic (exact) mass is 276 g/mol. The molecule has 0 unspecified atom stereocenters. The number of carbonyl (C=O) groups is 1. The molecule has 0 bridgehead atoms. The van der Waals surface area contributed by atoms with E-state index in [4.69, 9.17) is 16.7 Å². The lowest BCUT2D eigenvalue weighted by atomic mass is 10.3. The van der Waals surface area contributed by atoms with Gasteiger partial charge in [-0.3, -0.25) is 0 Å². The van der Waals surface area contributed by atoms with Crippen LogP contribution in [0.5, 0.6) is 0 Å². The van der Waals surface area contributed by atoms with Crippen molar-refractivity contribution in [3.63, 3.8) is 0 Å². The molecule has 1 rings (SSSR count). The highest BCUT2D eigenvalue weighted by Crippen LogP contribution is 2.07. The quantitative estimate of drug-likeness (QED) is 0.830. The van der Waals surface area contributed by atoms with E-state index < -0.39 is 16.0 Å². The largest absolute Gasteiger partial charge is 0.478 e. The molecule has 1 heterocycles. The SMILES string of the molecule is C=C(Cl)CNS(=O)(=O)c1ccc(C(=O)O)cn1. The Labute approximate surface area is 103 Å². The Morgan fingerprint density at radius 1 is 1.53 bits per heavy atom. The van der Waals surface area contributed by atoms with Gasteiger partial charge >= 0.3 is 5.97 Å². The number of sulfonamides is 1. The van der Waals surface area contributed by atoms with Crippen molar-refractivity contribution in [2.75, 3.05) is 6.54 Å². The minimum absolute atomic E-state index is 0.0919. The van der Waals surface area contributed by atoms with Crippen molar-refractivity contribution < 1.29 is 18.3 Å². The lowest BCUT2D eigenvalue weighted by Crippen LogP contribution is -2.25. The molecule has 0 fully saturated rings. The summed E-state index contributed by atoms with van der Waals surface area (Å²) in [4.78, 5) is 14.1. The van der Waals surface area contributed by atoms with Crippen LogP contribution in [0.4, 0.5) is 0 Å². The number of rotatable bonds is 5. The first-order chi connectivity index (χ1) is 7.83. The maximum Gasteiger partial charge on any atom is 0.337 e. The number of nitrogens with zero attached hydrogens (tertiary/aromatic N) is 1. The first kappa shape index (κ1) is 13.6. The highest BCUT2D eigenvalue weighted by Gasteiger charge is 2.16. The fourth-order valence-electron chi connectivity index (χ4n) is 0.913. The van der Waals surface area contributed by atoms with E-state index in [-0.39, 0.29) is 22.2 Å². The Morgan fingerprint density at radius 2 is 2.18 bits per heavy atom. The molecule has 0 atom stereocenters. The van der Waals surface area contributed by atoms with E-state index in [0.717, 1.165) is 18.3 Å². The molecule has 1 aromatic rings. The van der Waals surface area contributed by atoms with Crippen molar-refractivity contribution in [1.82, 2.24) is 9.71 Å². The summed E-state index contributed by atoms with van der Waals surface area (Å²) >= 11 is 5.42. The molecule has 0 aliphatic carbocycles. The third kappa shape index (κ3) is 3.81. The lowest BCUT2D eigenvalue weighted by molar-refractivity contribution is 0.0696.